The van der Waals surface area contributed by atoms with Crippen LogP contribution in [0.2, 0.25) is 5.02 Å². The molecule has 0 aromatic heterocycles. The lowest BCUT2D eigenvalue weighted by Gasteiger charge is -2.21. The maximum Gasteiger partial charge on any atom is 0.257 e. The van der Waals surface area contributed by atoms with Gasteiger partial charge in [-0.25, -0.2) is 8.42 Å². The van der Waals surface area contributed by atoms with E-state index in [9.17, 15) is 13.2 Å². The van der Waals surface area contributed by atoms with Crippen molar-refractivity contribution >= 4 is 27.5 Å². The highest BCUT2D eigenvalue weighted by Gasteiger charge is 2.35. The molecule has 1 aromatic carbocycles. The molecule has 1 aliphatic rings. The van der Waals surface area contributed by atoms with E-state index in [1.807, 2.05) is 0 Å². The molecule has 23 heavy (non-hydrogen) atoms. The van der Waals surface area contributed by atoms with E-state index in [-0.39, 0.29) is 39.7 Å². The molecule has 128 valence electrons. The third kappa shape index (κ3) is 3.45. The van der Waals surface area contributed by atoms with E-state index in [0.29, 0.717) is 13.0 Å². The minimum Gasteiger partial charge on any atom is -0.494 e. The highest BCUT2D eigenvalue weighted by atomic mass is 35.5. The van der Waals surface area contributed by atoms with Gasteiger partial charge in [0.15, 0.2) is 5.75 Å². The summed E-state index contributed by atoms with van der Waals surface area (Å²) in [6, 6.07) is 2.50. The fourth-order valence-electron chi connectivity index (χ4n) is 2.48. The Balaban J connectivity index is 2.60. The quantitative estimate of drug-likeness (QED) is 0.855. The second-order valence-corrected chi connectivity index (χ2v) is 7.94. The van der Waals surface area contributed by atoms with Gasteiger partial charge in [-0.1, -0.05) is 11.6 Å². The Bertz CT molecular complexity index is 721. The number of halogens is 1. The van der Waals surface area contributed by atoms with Gasteiger partial charge < -0.3 is 15.4 Å². The molecule has 0 spiro atoms. The second-order valence-electron chi connectivity index (χ2n) is 5.60. The van der Waals surface area contributed by atoms with Crippen molar-refractivity contribution in [2.45, 2.75) is 17.4 Å². The Kier molecular flexibility index (Phi) is 5.20. The lowest BCUT2D eigenvalue weighted by molar-refractivity contribution is 0.0823. The maximum atomic E-state index is 12.9. The molecule has 2 N–H and O–H groups in total. The molecule has 1 aromatic rings. The van der Waals surface area contributed by atoms with Gasteiger partial charge in [0.25, 0.3) is 5.91 Å². The van der Waals surface area contributed by atoms with E-state index in [2.05, 4.69) is 0 Å². The van der Waals surface area contributed by atoms with Crippen molar-refractivity contribution < 1.29 is 17.9 Å². The summed E-state index contributed by atoms with van der Waals surface area (Å²) in [7, 11) is 0.610. The molecule has 1 atom stereocenters. The summed E-state index contributed by atoms with van der Waals surface area (Å²) >= 11 is 6.04. The van der Waals surface area contributed by atoms with Gasteiger partial charge in [-0.3, -0.25) is 4.79 Å². The number of rotatable bonds is 4. The third-order valence-corrected chi connectivity index (χ3v) is 5.75. The van der Waals surface area contributed by atoms with Gasteiger partial charge in [0.05, 0.1) is 12.7 Å². The highest BCUT2D eigenvalue weighted by molar-refractivity contribution is 7.89. The summed E-state index contributed by atoms with van der Waals surface area (Å²) < 4.78 is 32.2. The molecular formula is C14H20ClN3O4S. The first-order valence-corrected chi connectivity index (χ1v) is 8.85. The molecule has 1 unspecified atom stereocenters. The van der Waals surface area contributed by atoms with E-state index >= 15 is 0 Å². The number of methoxy groups -OCH3 is 1. The van der Waals surface area contributed by atoms with Crippen LogP contribution in [-0.2, 0) is 10.0 Å². The molecule has 0 radical (unpaired) electrons. The number of ether oxygens (including phenoxy) is 1. The Morgan fingerprint density at radius 3 is 2.57 bits per heavy atom. The molecule has 1 saturated heterocycles. The van der Waals surface area contributed by atoms with Crippen LogP contribution in [0.3, 0.4) is 0 Å². The number of nitrogens with two attached hydrogens (primary N) is 1. The van der Waals surface area contributed by atoms with Crippen LogP contribution in [0.1, 0.15) is 16.8 Å². The highest BCUT2D eigenvalue weighted by Crippen LogP contribution is 2.35. The average Bonchev–Trinajstić information content (AvgIpc) is 2.92. The van der Waals surface area contributed by atoms with Crippen LogP contribution in [0, 0.1) is 0 Å². The SMILES string of the molecule is COc1c(C(=O)N(C)C)cc(Cl)cc1S(=O)(=O)N1CCC(N)C1. The predicted molar refractivity (Wildman–Crippen MR) is 87.4 cm³/mol. The molecule has 0 bridgehead atoms. The first-order chi connectivity index (χ1) is 10.7. The summed E-state index contributed by atoms with van der Waals surface area (Å²) in [6.07, 6.45) is 0.589. The van der Waals surface area contributed by atoms with Gasteiger partial charge in [-0.05, 0) is 18.6 Å². The molecule has 7 nitrogen and oxygen atoms in total. The molecule has 0 aliphatic carbocycles. The van der Waals surface area contributed by atoms with E-state index in [1.54, 1.807) is 14.1 Å². The Morgan fingerprint density at radius 2 is 2.09 bits per heavy atom. The third-order valence-electron chi connectivity index (χ3n) is 3.67. The van der Waals surface area contributed by atoms with Gasteiger partial charge in [-0.15, -0.1) is 0 Å². The van der Waals surface area contributed by atoms with Gasteiger partial charge >= 0.3 is 0 Å². The van der Waals surface area contributed by atoms with Crippen LogP contribution < -0.4 is 10.5 Å². The normalized spacial score (nSPS) is 18.9. The number of hydrogen-bond acceptors (Lipinski definition) is 5. The van der Waals surface area contributed by atoms with Crippen LogP contribution in [0.15, 0.2) is 17.0 Å². The van der Waals surface area contributed by atoms with Crippen molar-refractivity contribution in [3.8, 4) is 5.75 Å². The Morgan fingerprint density at radius 1 is 1.43 bits per heavy atom. The maximum absolute atomic E-state index is 12.9. The predicted octanol–water partition coefficient (Wildman–Crippen LogP) is 0.772. The van der Waals surface area contributed by atoms with Crippen molar-refractivity contribution in [2.75, 3.05) is 34.3 Å². The minimum atomic E-state index is -3.85. The number of carbonyl (C=O) groups is 1. The average molecular weight is 362 g/mol. The summed E-state index contributed by atoms with van der Waals surface area (Å²) in [6.45, 7) is 0.561. The lowest BCUT2D eigenvalue weighted by Crippen LogP contribution is -2.32. The molecule has 9 heteroatoms. The second kappa shape index (κ2) is 6.64. The number of nitrogens with zero attached hydrogens (tertiary/aromatic N) is 2. The van der Waals surface area contributed by atoms with E-state index < -0.39 is 10.0 Å². The topological polar surface area (TPSA) is 92.9 Å². The number of carbonyl (C=O) groups excluding carboxylic acids is 1. The number of amides is 1. The molecule has 1 heterocycles. The fraction of sp³-hybridized carbons (Fsp3) is 0.500. The minimum absolute atomic E-state index is 0.00595. The van der Waals surface area contributed by atoms with Crippen LogP contribution in [0.25, 0.3) is 0 Å². The van der Waals surface area contributed by atoms with Crippen molar-refractivity contribution in [3.05, 3.63) is 22.7 Å². The first kappa shape index (κ1) is 18.0. The lowest BCUT2D eigenvalue weighted by atomic mass is 10.2. The summed E-state index contributed by atoms with van der Waals surface area (Å²) in [4.78, 5) is 13.5. The number of sulfonamides is 1. The monoisotopic (exact) mass is 361 g/mol. The van der Waals surface area contributed by atoms with Crippen molar-refractivity contribution in [1.82, 2.24) is 9.21 Å². The smallest absolute Gasteiger partial charge is 0.257 e. The van der Waals surface area contributed by atoms with Crippen LogP contribution >= 0.6 is 11.6 Å². The van der Waals surface area contributed by atoms with Crippen molar-refractivity contribution in [2.24, 2.45) is 5.73 Å². The Hall–Kier alpha value is -1.35. The molecule has 2 rings (SSSR count). The van der Waals surface area contributed by atoms with E-state index in [1.165, 1.54) is 28.4 Å². The van der Waals surface area contributed by atoms with Gasteiger partial charge in [0.1, 0.15) is 4.90 Å². The molecule has 0 saturated carbocycles. The van der Waals surface area contributed by atoms with E-state index in [4.69, 9.17) is 22.1 Å². The zero-order chi connectivity index (χ0) is 17.4. The van der Waals surface area contributed by atoms with Gasteiger partial charge in [0.2, 0.25) is 10.0 Å². The fourth-order valence-corrected chi connectivity index (χ4v) is 4.48. The largest absolute Gasteiger partial charge is 0.494 e. The van der Waals surface area contributed by atoms with Crippen molar-refractivity contribution in [1.29, 1.82) is 0 Å². The molecule has 1 amide bonds. The first-order valence-electron chi connectivity index (χ1n) is 7.03. The van der Waals surface area contributed by atoms with E-state index in [0.717, 1.165) is 0 Å². The van der Waals surface area contributed by atoms with Crippen LogP contribution in [0.4, 0.5) is 0 Å². The van der Waals surface area contributed by atoms with Gasteiger partial charge in [0, 0.05) is 38.2 Å². The number of hydrogen-bond donors (Lipinski definition) is 1. The Labute approximate surface area is 141 Å². The zero-order valence-corrected chi connectivity index (χ0v) is 14.8. The van der Waals surface area contributed by atoms with Crippen molar-refractivity contribution in [3.63, 3.8) is 0 Å². The standard InChI is InChI=1S/C14H20ClN3O4S/c1-17(2)14(19)11-6-9(15)7-12(13(11)22-3)23(20,21)18-5-4-10(16)8-18/h6-7,10H,4-5,8,16H2,1-3H3. The number of benzene rings is 1. The zero-order valence-electron chi connectivity index (χ0n) is 13.2. The van der Waals surface area contributed by atoms with Crippen LogP contribution in [-0.4, -0.2) is 63.9 Å². The molecular weight excluding hydrogens is 342 g/mol. The summed E-state index contributed by atoms with van der Waals surface area (Å²) in [5.41, 5.74) is 5.90. The molecule has 1 aliphatic heterocycles. The summed E-state index contributed by atoms with van der Waals surface area (Å²) in [5.74, 6) is -0.396. The summed E-state index contributed by atoms with van der Waals surface area (Å²) in [5, 5.41) is 0.151. The van der Waals surface area contributed by atoms with Gasteiger partial charge in [-0.2, -0.15) is 4.31 Å². The van der Waals surface area contributed by atoms with Crippen LogP contribution in [0.5, 0.6) is 5.75 Å². The molecule has 1 fully saturated rings.